The number of phenolic OH excluding ortho intramolecular Hbond substituents is 1. The van der Waals surface area contributed by atoms with Crippen molar-refractivity contribution in [2.24, 2.45) is 5.41 Å². The summed E-state index contributed by atoms with van der Waals surface area (Å²) in [4.78, 5) is 14.1. The summed E-state index contributed by atoms with van der Waals surface area (Å²) < 4.78 is 54.7. The Morgan fingerprint density at radius 1 is 1.18 bits per heavy atom. The minimum absolute atomic E-state index is 0.155. The molecule has 0 saturated heterocycles. The number of amides is 1. The van der Waals surface area contributed by atoms with Crippen LogP contribution in [0.1, 0.15) is 57.7 Å². The second-order valence-electron chi connectivity index (χ2n) is 9.21. The molecule has 1 unspecified atom stereocenters. The Labute approximate surface area is 195 Å². The molecule has 0 fully saturated rings. The van der Waals surface area contributed by atoms with E-state index in [1.54, 1.807) is 6.92 Å². The number of nitrogens with zero attached hydrogens (tertiary/aromatic N) is 1. The summed E-state index contributed by atoms with van der Waals surface area (Å²) in [5.41, 5.74) is -0.0603. The highest BCUT2D eigenvalue weighted by molar-refractivity contribution is 6.00. The lowest BCUT2D eigenvalue weighted by molar-refractivity contribution is -0.137. The third kappa shape index (κ3) is 4.89. The molecule has 3 rings (SSSR count). The number of fused-ring (bicyclic) bond motifs is 1. The van der Waals surface area contributed by atoms with Crippen LogP contribution in [0.4, 0.5) is 28.9 Å². The SMILES string of the molecule is CCC(C)(C)CC1=C(C)C(c2ccc(C(F)(F)F)cc2F)N(C(=O)CO)c2cccc(O)c2N1. The molecule has 1 amide bonds. The van der Waals surface area contributed by atoms with Crippen molar-refractivity contribution in [3.05, 3.63) is 64.6 Å². The van der Waals surface area contributed by atoms with E-state index < -0.39 is 36.1 Å². The molecule has 2 aromatic carbocycles. The first-order valence-electron chi connectivity index (χ1n) is 10.9. The van der Waals surface area contributed by atoms with Gasteiger partial charge in [0.25, 0.3) is 5.91 Å². The van der Waals surface area contributed by atoms with Gasteiger partial charge in [-0.05, 0) is 48.6 Å². The Morgan fingerprint density at radius 3 is 2.41 bits per heavy atom. The lowest BCUT2D eigenvalue weighted by Gasteiger charge is -2.33. The lowest BCUT2D eigenvalue weighted by atomic mass is 9.83. The number of aliphatic hydroxyl groups excluding tert-OH is 1. The van der Waals surface area contributed by atoms with Gasteiger partial charge in [-0.15, -0.1) is 0 Å². The van der Waals surface area contributed by atoms with Crippen molar-refractivity contribution in [1.82, 2.24) is 0 Å². The summed E-state index contributed by atoms with van der Waals surface area (Å²) in [6, 6.07) is 5.47. The number of carbonyl (C=O) groups excluding carboxylic acids is 1. The Balaban J connectivity index is 2.33. The van der Waals surface area contributed by atoms with Crippen molar-refractivity contribution in [2.45, 2.75) is 52.8 Å². The highest BCUT2D eigenvalue weighted by Crippen LogP contribution is 2.47. The average molecular weight is 481 g/mol. The van der Waals surface area contributed by atoms with E-state index in [0.29, 0.717) is 23.8 Å². The van der Waals surface area contributed by atoms with Crippen LogP contribution in [0.2, 0.25) is 0 Å². The molecule has 1 aliphatic rings. The van der Waals surface area contributed by atoms with Gasteiger partial charge in [0.15, 0.2) is 0 Å². The van der Waals surface area contributed by atoms with Crippen LogP contribution in [0.25, 0.3) is 0 Å². The molecule has 1 atom stereocenters. The van der Waals surface area contributed by atoms with E-state index in [9.17, 15) is 28.2 Å². The number of aliphatic hydroxyl groups is 1. The van der Waals surface area contributed by atoms with Crippen LogP contribution in [0.3, 0.4) is 0 Å². The van der Waals surface area contributed by atoms with E-state index in [2.05, 4.69) is 5.32 Å². The van der Waals surface area contributed by atoms with Crippen LogP contribution in [-0.4, -0.2) is 22.7 Å². The standard InChI is InChI=1S/C25H28F4N2O3/c1-5-24(3,4)12-18-14(2)23(16-10-9-15(11-17(16)26)25(27,28)29)31(21(34)13-32)19-7-6-8-20(33)22(19)30-18/h6-11,23,30,32-33H,5,12-13H2,1-4H3. The first-order chi connectivity index (χ1) is 15.8. The highest BCUT2D eigenvalue weighted by Gasteiger charge is 2.38. The van der Waals surface area contributed by atoms with Gasteiger partial charge in [-0.3, -0.25) is 9.69 Å². The number of phenols is 1. The minimum atomic E-state index is -4.73. The molecule has 0 saturated carbocycles. The Bertz CT molecular complexity index is 1130. The quantitative estimate of drug-likeness (QED) is 0.355. The molecular formula is C25H28F4N2O3. The Morgan fingerprint density at radius 2 is 1.85 bits per heavy atom. The van der Waals surface area contributed by atoms with Gasteiger partial charge in [0.1, 0.15) is 23.9 Å². The largest absolute Gasteiger partial charge is 0.506 e. The number of rotatable bonds is 5. The third-order valence-corrected chi connectivity index (χ3v) is 6.34. The summed E-state index contributed by atoms with van der Waals surface area (Å²) in [5.74, 6) is -2.10. The lowest BCUT2D eigenvalue weighted by Crippen LogP contribution is -2.38. The van der Waals surface area contributed by atoms with Crippen molar-refractivity contribution >= 4 is 17.3 Å². The normalized spacial score (nSPS) is 16.7. The van der Waals surface area contributed by atoms with E-state index in [4.69, 9.17) is 0 Å². The van der Waals surface area contributed by atoms with Crippen LogP contribution in [0, 0.1) is 11.2 Å². The molecular weight excluding hydrogens is 452 g/mol. The minimum Gasteiger partial charge on any atom is -0.506 e. The van der Waals surface area contributed by atoms with Gasteiger partial charge in [-0.1, -0.05) is 39.3 Å². The van der Waals surface area contributed by atoms with Gasteiger partial charge in [0.05, 0.1) is 17.3 Å². The first-order valence-corrected chi connectivity index (χ1v) is 10.9. The van der Waals surface area contributed by atoms with E-state index in [0.717, 1.165) is 23.5 Å². The van der Waals surface area contributed by atoms with Crippen LogP contribution < -0.4 is 10.2 Å². The molecule has 0 radical (unpaired) electrons. The third-order valence-electron chi connectivity index (χ3n) is 6.34. The summed E-state index contributed by atoms with van der Waals surface area (Å²) >= 11 is 0. The monoisotopic (exact) mass is 480 g/mol. The maximum absolute atomic E-state index is 15.2. The molecule has 0 spiro atoms. The summed E-state index contributed by atoms with van der Waals surface area (Å²) in [7, 11) is 0. The van der Waals surface area contributed by atoms with E-state index >= 15 is 4.39 Å². The van der Waals surface area contributed by atoms with E-state index in [1.807, 2.05) is 20.8 Å². The van der Waals surface area contributed by atoms with Gasteiger partial charge >= 0.3 is 6.18 Å². The van der Waals surface area contributed by atoms with E-state index in [1.165, 1.54) is 18.2 Å². The number of carbonyl (C=O) groups is 1. The molecule has 1 heterocycles. The van der Waals surface area contributed by atoms with E-state index in [-0.39, 0.29) is 28.1 Å². The van der Waals surface area contributed by atoms with Crippen LogP contribution in [0.15, 0.2) is 47.7 Å². The summed E-state index contributed by atoms with van der Waals surface area (Å²) in [6.45, 7) is 6.80. The van der Waals surface area contributed by atoms with Gasteiger partial charge in [-0.25, -0.2) is 4.39 Å². The van der Waals surface area contributed by atoms with Crippen LogP contribution >= 0.6 is 0 Å². The van der Waals surface area contributed by atoms with Crippen molar-refractivity contribution in [3.63, 3.8) is 0 Å². The van der Waals surface area contributed by atoms with Gasteiger partial charge in [0, 0.05) is 11.3 Å². The smallest absolute Gasteiger partial charge is 0.416 e. The Hall–Kier alpha value is -3.07. The molecule has 34 heavy (non-hydrogen) atoms. The molecule has 0 aromatic heterocycles. The van der Waals surface area contributed by atoms with Gasteiger partial charge < -0.3 is 15.5 Å². The fourth-order valence-corrected chi connectivity index (χ4v) is 4.04. The number of nitrogens with one attached hydrogen (secondary N) is 1. The molecule has 184 valence electrons. The fourth-order valence-electron chi connectivity index (χ4n) is 4.04. The maximum atomic E-state index is 15.2. The number of para-hydroxylation sites is 1. The fraction of sp³-hybridized carbons (Fsp3) is 0.400. The zero-order chi connectivity index (χ0) is 25.4. The Kier molecular flexibility index (Phi) is 6.98. The number of benzene rings is 2. The van der Waals surface area contributed by atoms with Crippen molar-refractivity contribution < 1.29 is 32.6 Å². The number of allylic oxidation sites excluding steroid dienone is 1. The molecule has 0 aliphatic carbocycles. The topological polar surface area (TPSA) is 72.8 Å². The van der Waals surface area contributed by atoms with Crippen molar-refractivity contribution in [3.8, 4) is 5.75 Å². The molecule has 5 nitrogen and oxygen atoms in total. The predicted octanol–water partition coefficient (Wildman–Crippen LogP) is 6.14. The second kappa shape index (κ2) is 9.29. The van der Waals surface area contributed by atoms with Crippen LogP contribution in [0.5, 0.6) is 5.75 Å². The van der Waals surface area contributed by atoms with Gasteiger partial charge in [-0.2, -0.15) is 13.2 Å². The molecule has 0 bridgehead atoms. The number of halogens is 4. The molecule has 2 aromatic rings. The summed E-state index contributed by atoms with van der Waals surface area (Å²) in [6.07, 6.45) is -3.48. The van der Waals surface area contributed by atoms with Crippen molar-refractivity contribution in [2.75, 3.05) is 16.8 Å². The number of hydrogen-bond donors (Lipinski definition) is 3. The first kappa shape index (κ1) is 25.6. The highest BCUT2D eigenvalue weighted by atomic mass is 19.4. The average Bonchev–Trinajstić information content (AvgIpc) is 2.88. The molecule has 3 N–H and O–H groups in total. The zero-order valence-electron chi connectivity index (χ0n) is 19.4. The number of anilines is 2. The number of hydrogen-bond acceptors (Lipinski definition) is 4. The molecule has 9 heteroatoms. The summed E-state index contributed by atoms with van der Waals surface area (Å²) in [5, 5.41) is 23.5. The predicted molar refractivity (Wildman–Crippen MR) is 122 cm³/mol. The van der Waals surface area contributed by atoms with Crippen molar-refractivity contribution in [1.29, 1.82) is 0 Å². The second-order valence-corrected chi connectivity index (χ2v) is 9.21. The number of aromatic hydroxyl groups is 1. The number of alkyl halides is 3. The van der Waals surface area contributed by atoms with Gasteiger partial charge in [0.2, 0.25) is 0 Å². The van der Waals surface area contributed by atoms with Crippen LogP contribution in [-0.2, 0) is 11.0 Å². The zero-order valence-corrected chi connectivity index (χ0v) is 19.4. The maximum Gasteiger partial charge on any atom is 0.416 e. The molecule has 1 aliphatic heterocycles.